The molecule has 0 bridgehead atoms. The van der Waals surface area contributed by atoms with E-state index in [2.05, 4.69) is 24.4 Å². The summed E-state index contributed by atoms with van der Waals surface area (Å²) < 4.78 is 13.1. The highest BCUT2D eigenvalue weighted by Crippen LogP contribution is 2.21. The van der Waals surface area contributed by atoms with E-state index in [1.54, 1.807) is 12.1 Å². The van der Waals surface area contributed by atoms with E-state index in [1.165, 1.54) is 11.0 Å². The average Bonchev–Trinajstić information content (AvgIpc) is 2.47. The summed E-state index contributed by atoms with van der Waals surface area (Å²) in [7, 11) is 0. The zero-order valence-electron chi connectivity index (χ0n) is 11.3. The third kappa shape index (κ3) is 4.51. The molecule has 4 heteroatoms. The van der Waals surface area contributed by atoms with Gasteiger partial charge in [0.2, 0.25) is 0 Å². The quantitative estimate of drug-likeness (QED) is 0.600. The maximum absolute atomic E-state index is 13.1. The summed E-state index contributed by atoms with van der Waals surface area (Å²) >= 11 is 7.61. The fourth-order valence-corrected chi connectivity index (χ4v) is 2.85. The molecule has 1 nitrogen and oxygen atoms in total. The summed E-state index contributed by atoms with van der Waals surface area (Å²) in [5.74, 6) is 0.616. The first kappa shape index (κ1) is 15.4. The maximum Gasteiger partial charge on any atom is 0.141 e. The van der Waals surface area contributed by atoms with Gasteiger partial charge in [-0.25, -0.2) is 4.39 Å². The van der Waals surface area contributed by atoms with Crippen molar-refractivity contribution in [3.05, 3.63) is 64.9 Å². The highest BCUT2D eigenvalue weighted by atomic mass is 35.5. The monoisotopic (exact) mass is 309 g/mol. The molecule has 2 rings (SSSR count). The molecule has 0 aliphatic rings. The molecule has 0 aromatic heterocycles. The molecule has 1 atom stereocenters. The van der Waals surface area contributed by atoms with Gasteiger partial charge in [0, 0.05) is 23.2 Å². The van der Waals surface area contributed by atoms with Crippen molar-refractivity contribution in [2.45, 2.75) is 17.9 Å². The molecule has 0 aliphatic carbocycles. The van der Waals surface area contributed by atoms with Crippen molar-refractivity contribution in [3.63, 3.8) is 0 Å². The van der Waals surface area contributed by atoms with Crippen LogP contribution in [0.2, 0.25) is 5.02 Å². The van der Waals surface area contributed by atoms with Gasteiger partial charge in [-0.1, -0.05) is 35.9 Å². The van der Waals surface area contributed by atoms with Crippen LogP contribution in [0, 0.1) is 5.82 Å². The van der Waals surface area contributed by atoms with Crippen molar-refractivity contribution in [2.75, 3.05) is 12.3 Å². The minimum Gasteiger partial charge on any atom is -0.309 e. The van der Waals surface area contributed by atoms with Crippen LogP contribution in [0.4, 0.5) is 4.39 Å². The number of halogens is 2. The Morgan fingerprint density at radius 2 is 1.95 bits per heavy atom. The molecule has 1 unspecified atom stereocenters. The Morgan fingerprint density at radius 1 is 1.20 bits per heavy atom. The van der Waals surface area contributed by atoms with Gasteiger partial charge in [-0.05, 0) is 36.8 Å². The fraction of sp³-hybridized carbons (Fsp3) is 0.250. The van der Waals surface area contributed by atoms with Crippen LogP contribution in [0.3, 0.4) is 0 Å². The van der Waals surface area contributed by atoms with Gasteiger partial charge in [0.25, 0.3) is 0 Å². The van der Waals surface area contributed by atoms with Crippen LogP contribution in [-0.2, 0) is 0 Å². The minimum absolute atomic E-state index is 0.157. The van der Waals surface area contributed by atoms with Gasteiger partial charge in [0.05, 0.1) is 5.02 Å². The summed E-state index contributed by atoms with van der Waals surface area (Å²) in [6.45, 7) is 2.94. The fourth-order valence-electron chi connectivity index (χ4n) is 1.86. The van der Waals surface area contributed by atoms with E-state index in [0.29, 0.717) is 0 Å². The predicted octanol–water partition coefficient (Wildman–Crippen LogP) is 4.92. The zero-order valence-corrected chi connectivity index (χ0v) is 12.8. The summed E-state index contributed by atoms with van der Waals surface area (Å²) in [5.41, 5.74) is 1.00. The summed E-state index contributed by atoms with van der Waals surface area (Å²) in [5, 5.41) is 3.59. The largest absolute Gasteiger partial charge is 0.309 e. The van der Waals surface area contributed by atoms with Gasteiger partial charge in [0.1, 0.15) is 5.82 Å². The number of hydrogen-bond acceptors (Lipinski definition) is 2. The van der Waals surface area contributed by atoms with Gasteiger partial charge < -0.3 is 5.32 Å². The number of hydrogen-bond donors (Lipinski definition) is 1. The summed E-state index contributed by atoms with van der Waals surface area (Å²) in [4.78, 5) is 1.27. The van der Waals surface area contributed by atoms with E-state index in [4.69, 9.17) is 11.6 Å². The van der Waals surface area contributed by atoms with E-state index in [1.807, 2.05) is 30.0 Å². The molecule has 0 spiro atoms. The van der Waals surface area contributed by atoms with E-state index < -0.39 is 0 Å². The summed E-state index contributed by atoms with van der Waals surface area (Å²) in [6.07, 6.45) is 0. The number of rotatable bonds is 6. The molecule has 0 radical (unpaired) electrons. The molecule has 2 aromatic rings. The third-order valence-electron chi connectivity index (χ3n) is 3.01. The van der Waals surface area contributed by atoms with E-state index in [0.717, 1.165) is 17.9 Å². The van der Waals surface area contributed by atoms with E-state index in [-0.39, 0.29) is 16.9 Å². The molecule has 0 amide bonds. The second-order valence-corrected chi connectivity index (χ2v) is 6.09. The number of benzene rings is 2. The van der Waals surface area contributed by atoms with Crippen LogP contribution in [0.25, 0.3) is 0 Å². The van der Waals surface area contributed by atoms with Gasteiger partial charge in [-0.15, -0.1) is 11.8 Å². The lowest BCUT2D eigenvalue weighted by Crippen LogP contribution is -2.21. The van der Waals surface area contributed by atoms with Crippen LogP contribution in [0.1, 0.15) is 18.5 Å². The second kappa shape index (κ2) is 7.67. The van der Waals surface area contributed by atoms with Crippen LogP contribution in [0.15, 0.2) is 53.4 Å². The zero-order chi connectivity index (χ0) is 14.4. The normalized spacial score (nSPS) is 12.3. The molecule has 0 aliphatic heterocycles. The Balaban J connectivity index is 1.77. The Bertz CT molecular complexity index is 547. The lowest BCUT2D eigenvalue weighted by Gasteiger charge is -2.14. The van der Waals surface area contributed by atoms with Crippen molar-refractivity contribution in [1.29, 1.82) is 0 Å². The predicted molar refractivity (Wildman–Crippen MR) is 85.0 cm³/mol. The second-order valence-electron chi connectivity index (χ2n) is 4.51. The topological polar surface area (TPSA) is 12.0 Å². The molecule has 0 saturated carbocycles. The number of thioether (sulfide) groups is 1. The first-order chi connectivity index (χ1) is 9.66. The molecule has 0 fully saturated rings. The van der Waals surface area contributed by atoms with Crippen molar-refractivity contribution < 1.29 is 4.39 Å². The third-order valence-corrected chi connectivity index (χ3v) is 4.31. The molecular formula is C16H17ClFNS. The number of nitrogens with one attached hydrogen (secondary N) is 1. The van der Waals surface area contributed by atoms with Crippen molar-refractivity contribution in [2.24, 2.45) is 0 Å². The molecule has 1 N–H and O–H groups in total. The first-order valence-electron chi connectivity index (χ1n) is 6.53. The Kier molecular flexibility index (Phi) is 5.89. The van der Waals surface area contributed by atoms with Crippen molar-refractivity contribution in [3.8, 4) is 0 Å². The first-order valence-corrected chi connectivity index (χ1v) is 7.89. The highest BCUT2D eigenvalue weighted by Gasteiger charge is 2.07. The van der Waals surface area contributed by atoms with E-state index >= 15 is 0 Å². The molecule has 0 heterocycles. The SMILES string of the molecule is CC(NCCSc1ccccc1)c1ccc(F)c(Cl)c1. The van der Waals surface area contributed by atoms with Crippen LogP contribution >= 0.6 is 23.4 Å². The maximum atomic E-state index is 13.1. The molecule has 106 valence electrons. The lowest BCUT2D eigenvalue weighted by molar-refractivity contribution is 0.594. The molecular weight excluding hydrogens is 293 g/mol. The minimum atomic E-state index is -0.373. The van der Waals surface area contributed by atoms with Crippen molar-refractivity contribution in [1.82, 2.24) is 5.32 Å². The van der Waals surface area contributed by atoms with Crippen LogP contribution in [-0.4, -0.2) is 12.3 Å². The van der Waals surface area contributed by atoms with Crippen molar-refractivity contribution >= 4 is 23.4 Å². The van der Waals surface area contributed by atoms with E-state index in [9.17, 15) is 4.39 Å². The standard InChI is InChI=1S/C16H17ClFNS/c1-12(13-7-8-16(18)15(17)11-13)19-9-10-20-14-5-3-2-4-6-14/h2-8,11-12,19H,9-10H2,1H3. The Morgan fingerprint density at radius 3 is 2.65 bits per heavy atom. The lowest BCUT2D eigenvalue weighted by atomic mass is 10.1. The van der Waals surface area contributed by atoms with Gasteiger partial charge in [-0.3, -0.25) is 0 Å². The van der Waals surface area contributed by atoms with Gasteiger partial charge in [-0.2, -0.15) is 0 Å². The highest BCUT2D eigenvalue weighted by molar-refractivity contribution is 7.99. The summed E-state index contributed by atoms with van der Waals surface area (Å²) in [6, 6.07) is 15.3. The van der Waals surface area contributed by atoms with Gasteiger partial charge in [0.15, 0.2) is 0 Å². The molecule has 2 aromatic carbocycles. The van der Waals surface area contributed by atoms with Gasteiger partial charge >= 0.3 is 0 Å². The Labute approximate surface area is 128 Å². The average molecular weight is 310 g/mol. The van der Waals surface area contributed by atoms with Crippen LogP contribution < -0.4 is 5.32 Å². The molecule has 20 heavy (non-hydrogen) atoms. The Hall–Kier alpha value is -1.03. The molecule has 0 saturated heterocycles. The smallest absolute Gasteiger partial charge is 0.141 e. The van der Waals surface area contributed by atoms with Crippen LogP contribution in [0.5, 0.6) is 0 Å².